The Morgan fingerprint density at radius 2 is 1.95 bits per heavy atom. The number of rotatable bonds is 7. The molecule has 0 N–H and O–H groups in total. The quantitative estimate of drug-likeness (QED) is 0.760. The van der Waals surface area contributed by atoms with Crippen molar-refractivity contribution in [2.45, 2.75) is 25.8 Å². The molecule has 0 aliphatic rings. The molecule has 0 spiro atoms. The summed E-state index contributed by atoms with van der Waals surface area (Å²) in [6.45, 7) is 1.62. The van der Waals surface area contributed by atoms with Crippen molar-refractivity contribution in [2.24, 2.45) is 0 Å². The molecule has 0 saturated carbocycles. The van der Waals surface area contributed by atoms with Crippen LogP contribution in [0.5, 0.6) is 11.5 Å². The van der Waals surface area contributed by atoms with Gasteiger partial charge in [0.1, 0.15) is 17.3 Å². The summed E-state index contributed by atoms with van der Waals surface area (Å²) < 4.78 is 10.7. The van der Waals surface area contributed by atoms with Gasteiger partial charge in [-0.15, -0.1) is 0 Å². The molecule has 1 unspecified atom stereocenters. The van der Waals surface area contributed by atoms with E-state index in [-0.39, 0.29) is 11.8 Å². The SMILES string of the molecule is COc1ccc(OC)c(C(CCC(C)=O)N(C)C)c1. The number of ether oxygens (including phenoxy) is 2. The molecule has 1 aromatic rings. The Morgan fingerprint density at radius 1 is 1.26 bits per heavy atom. The molecule has 19 heavy (non-hydrogen) atoms. The van der Waals surface area contributed by atoms with Gasteiger partial charge in [-0.05, 0) is 45.6 Å². The predicted molar refractivity (Wildman–Crippen MR) is 75.9 cm³/mol. The second-order valence-electron chi connectivity index (χ2n) is 4.83. The fourth-order valence-electron chi connectivity index (χ4n) is 2.13. The molecule has 1 rings (SSSR count). The fraction of sp³-hybridized carbons (Fsp3) is 0.533. The minimum atomic E-state index is 0.133. The van der Waals surface area contributed by atoms with Crippen LogP contribution in [0.4, 0.5) is 0 Å². The highest BCUT2D eigenvalue weighted by molar-refractivity contribution is 5.75. The summed E-state index contributed by atoms with van der Waals surface area (Å²) in [5, 5.41) is 0. The Labute approximate surface area is 115 Å². The van der Waals surface area contributed by atoms with Gasteiger partial charge >= 0.3 is 0 Å². The molecule has 4 heteroatoms. The lowest BCUT2D eigenvalue weighted by molar-refractivity contribution is -0.117. The van der Waals surface area contributed by atoms with E-state index in [1.54, 1.807) is 21.1 Å². The summed E-state index contributed by atoms with van der Waals surface area (Å²) in [4.78, 5) is 13.3. The van der Waals surface area contributed by atoms with Crippen molar-refractivity contribution in [1.82, 2.24) is 4.90 Å². The predicted octanol–water partition coefficient (Wildman–Crippen LogP) is 2.68. The molecule has 0 amide bonds. The first-order valence-electron chi connectivity index (χ1n) is 6.37. The third kappa shape index (κ3) is 4.24. The van der Waals surface area contributed by atoms with E-state index >= 15 is 0 Å². The Bertz CT molecular complexity index is 429. The lowest BCUT2D eigenvalue weighted by Crippen LogP contribution is -2.21. The van der Waals surface area contributed by atoms with Crippen molar-refractivity contribution in [1.29, 1.82) is 0 Å². The summed E-state index contributed by atoms with van der Waals surface area (Å²) >= 11 is 0. The molecule has 0 heterocycles. The molecular formula is C15H23NO3. The minimum Gasteiger partial charge on any atom is -0.497 e. The molecule has 1 aromatic carbocycles. The summed E-state index contributed by atoms with van der Waals surface area (Å²) in [5.41, 5.74) is 1.05. The van der Waals surface area contributed by atoms with Gasteiger partial charge in [-0.3, -0.25) is 0 Å². The smallest absolute Gasteiger partial charge is 0.129 e. The zero-order valence-electron chi connectivity index (χ0n) is 12.4. The number of Topliss-reactive ketones (excluding diaryl/α,β-unsaturated/α-hetero) is 1. The third-order valence-corrected chi connectivity index (χ3v) is 3.19. The molecule has 0 fully saturated rings. The number of nitrogens with zero attached hydrogens (tertiary/aromatic N) is 1. The Balaban J connectivity index is 3.08. The molecule has 1 atom stereocenters. The minimum absolute atomic E-state index is 0.133. The normalized spacial score (nSPS) is 12.3. The first kappa shape index (κ1) is 15.5. The van der Waals surface area contributed by atoms with E-state index in [0.717, 1.165) is 23.5 Å². The summed E-state index contributed by atoms with van der Waals surface area (Å²) in [6, 6.07) is 5.89. The van der Waals surface area contributed by atoms with Crippen LogP contribution in [-0.2, 0) is 4.79 Å². The first-order valence-corrected chi connectivity index (χ1v) is 6.37. The van der Waals surface area contributed by atoms with E-state index < -0.39 is 0 Å². The highest BCUT2D eigenvalue weighted by atomic mass is 16.5. The topological polar surface area (TPSA) is 38.8 Å². The number of methoxy groups -OCH3 is 2. The van der Waals surface area contributed by atoms with E-state index in [1.807, 2.05) is 32.3 Å². The second-order valence-corrected chi connectivity index (χ2v) is 4.83. The lowest BCUT2D eigenvalue weighted by Gasteiger charge is -2.26. The van der Waals surface area contributed by atoms with Crippen LogP contribution in [0.25, 0.3) is 0 Å². The van der Waals surface area contributed by atoms with Crippen LogP contribution in [0.1, 0.15) is 31.4 Å². The monoisotopic (exact) mass is 265 g/mol. The summed E-state index contributed by atoms with van der Waals surface area (Å²) in [5.74, 6) is 1.82. The maximum atomic E-state index is 11.2. The maximum Gasteiger partial charge on any atom is 0.129 e. The summed E-state index contributed by atoms with van der Waals surface area (Å²) in [6.07, 6.45) is 1.33. The molecular weight excluding hydrogens is 242 g/mol. The molecule has 4 nitrogen and oxygen atoms in total. The number of hydrogen-bond acceptors (Lipinski definition) is 4. The van der Waals surface area contributed by atoms with E-state index in [4.69, 9.17) is 9.47 Å². The number of hydrogen-bond donors (Lipinski definition) is 0. The number of ketones is 1. The van der Waals surface area contributed by atoms with Crippen molar-refractivity contribution >= 4 is 5.78 Å². The first-order chi connectivity index (χ1) is 8.99. The van der Waals surface area contributed by atoms with Crippen molar-refractivity contribution in [3.63, 3.8) is 0 Å². The summed E-state index contributed by atoms with van der Waals surface area (Å²) in [7, 11) is 7.31. The highest BCUT2D eigenvalue weighted by Crippen LogP contribution is 2.34. The van der Waals surface area contributed by atoms with Gasteiger partial charge in [0, 0.05) is 18.0 Å². The second kappa shape index (κ2) is 7.14. The van der Waals surface area contributed by atoms with E-state index in [9.17, 15) is 4.79 Å². The lowest BCUT2D eigenvalue weighted by atomic mass is 9.98. The Hall–Kier alpha value is -1.55. The fourth-order valence-corrected chi connectivity index (χ4v) is 2.13. The number of carbonyl (C=O) groups is 1. The van der Waals surface area contributed by atoms with Crippen LogP contribution >= 0.6 is 0 Å². The Kier molecular flexibility index (Phi) is 5.83. The van der Waals surface area contributed by atoms with Crippen LogP contribution in [-0.4, -0.2) is 39.0 Å². The molecule has 0 aromatic heterocycles. The Morgan fingerprint density at radius 3 is 2.42 bits per heavy atom. The van der Waals surface area contributed by atoms with Gasteiger partial charge in [0.2, 0.25) is 0 Å². The van der Waals surface area contributed by atoms with Crippen molar-refractivity contribution in [3.05, 3.63) is 23.8 Å². The van der Waals surface area contributed by atoms with E-state index in [1.165, 1.54) is 0 Å². The van der Waals surface area contributed by atoms with Crippen LogP contribution in [0.15, 0.2) is 18.2 Å². The molecule has 106 valence electrons. The van der Waals surface area contributed by atoms with Gasteiger partial charge in [-0.25, -0.2) is 0 Å². The molecule has 0 radical (unpaired) electrons. The van der Waals surface area contributed by atoms with Gasteiger partial charge in [-0.2, -0.15) is 0 Å². The highest BCUT2D eigenvalue weighted by Gasteiger charge is 2.19. The molecule has 0 aliphatic heterocycles. The van der Waals surface area contributed by atoms with Crippen molar-refractivity contribution < 1.29 is 14.3 Å². The molecule has 0 saturated heterocycles. The third-order valence-electron chi connectivity index (χ3n) is 3.19. The number of benzene rings is 1. The van der Waals surface area contributed by atoms with Crippen LogP contribution in [0, 0.1) is 0 Å². The molecule has 0 bridgehead atoms. The van der Waals surface area contributed by atoms with Gasteiger partial charge < -0.3 is 19.2 Å². The van der Waals surface area contributed by atoms with E-state index in [2.05, 4.69) is 4.90 Å². The average molecular weight is 265 g/mol. The van der Waals surface area contributed by atoms with Gasteiger partial charge in [0.15, 0.2) is 0 Å². The maximum absolute atomic E-state index is 11.2. The largest absolute Gasteiger partial charge is 0.497 e. The zero-order chi connectivity index (χ0) is 14.4. The average Bonchev–Trinajstić information content (AvgIpc) is 2.38. The van der Waals surface area contributed by atoms with Gasteiger partial charge in [0.25, 0.3) is 0 Å². The van der Waals surface area contributed by atoms with Gasteiger partial charge in [0.05, 0.1) is 14.2 Å². The zero-order valence-corrected chi connectivity index (χ0v) is 12.4. The van der Waals surface area contributed by atoms with Crippen molar-refractivity contribution in [3.8, 4) is 11.5 Å². The van der Waals surface area contributed by atoms with E-state index in [0.29, 0.717) is 6.42 Å². The molecule has 0 aliphatic carbocycles. The van der Waals surface area contributed by atoms with Crippen LogP contribution < -0.4 is 9.47 Å². The van der Waals surface area contributed by atoms with Gasteiger partial charge in [-0.1, -0.05) is 0 Å². The van der Waals surface area contributed by atoms with Crippen molar-refractivity contribution in [2.75, 3.05) is 28.3 Å². The number of carbonyl (C=O) groups excluding carboxylic acids is 1. The van der Waals surface area contributed by atoms with Crippen LogP contribution in [0.2, 0.25) is 0 Å². The van der Waals surface area contributed by atoms with Crippen LogP contribution in [0.3, 0.4) is 0 Å². The standard InChI is InChI=1S/C15H23NO3/c1-11(17)6-8-14(16(2)3)13-10-12(18-4)7-9-15(13)19-5/h7,9-10,14H,6,8H2,1-5H3.